The lowest BCUT2D eigenvalue weighted by molar-refractivity contribution is 0.296. The third kappa shape index (κ3) is 6.66. The Morgan fingerprint density at radius 2 is 1.73 bits per heavy atom. The molecule has 0 amide bonds. The van der Waals surface area contributed by atoms with E-state index in [-0.39, 0.29) is 0 Å². The van der Waals surface area contributed by atoms with E-state index in [4.69, 9.17) is 0 Å². The molecule has 0 aromatic heterocycles. The van der Waals surface area contributed by atoms with Gasteiger partial charge in [-0.05, 0) is 41.0 Å². The van der Waals surface area contributed by atoms with E-state index in [9.17, 15) is 0 Å². The highest BCUT2D eigenvalue weighted by Crippen LogP contribution is 1.99. The molecule has 0 saturated heterocycles. The Morgan fingerprint density at radius 3 is 2.09 bits per heavy atom. The number of thiol groups is 1. The van der Waals surface area contributed by atoms with Crippen LogP contribution in [0.3, 0.4) is 0 Å². The van der Waals surface area contributed by atoms with Crippen LogP contribution in [0.1, 0.15) is 13.3 Å². The van der Waals surface area contributed by atoms with E-state index in [1.807, 2.05) is 0 Å². The topological polar surface area (TPSA) is 6.48 Å². The Balaban J connectivity index is 3.24. The largest absolute Gasteiger partial charge is 0.309 e. The van der Waals surface area contributed by atoms with Gasteiger partial charge in [0.15, 0.2) is 0 Å². The first-order chi connectivity index (χ1) is 5.04. The first-order valence-electron chi connectivity index (χ1n) is 4.07. The summed E-state index contributed by atoms with van der Waals surface area (Å²) in [4.78, 5) is 4.45. The second-order valence-electron chi connectivity index (χ2n) is 3.27. The number of rotatable bonds is 5. The minimum absolute atomic E-state index is 0.372. The number of nitrogens with zero attached hydrogens (tertiary/aromatic N) is 2. The standard InChI is InChI=1S/C8H20N2S/c1-8(11)10(4)7-5-6-9(2)3/h8,11H,5-7H2,1-4H3. The average Bonchev–Trinajstić information content (AvgIpc) is 1.86. The monoisotopic (exact) mass is 176 g/mol. The minimum atomic E-state index is 0.372. The highest BCUT2D eigenvalue weighted by Gasteiger charge is 2.02. The van der Waals surface area contributed by atoms with Crippen molar-refractivity contribution >= 4 is 12.6 Å². The molecule has 68 valence electrons. The molecule has 0 aliphatic carbocycles. The Hall–Kier alpha value is 0.270. The summed E-state index contributed by atoms with van der Waals surface area (Å²) in [6.45, 7) is 4.38. The SMILES string of the molecule is CC(S)N(C)CCCN(C)C. The predicted octanol–water partition coefficient (Wildman–Crippen LogP) is 1.15. The van der Waals surface area contributed by atoms with Gasteiger partial charge in [-0.25, -0.2) is 0 Å². The molecular weight excluding hydrogens is 156 g/mol. The molecule has 1 atom stereocenters. The van der Waals surface area contributed by atoms with Crippen LogP contribution in [0.25, 0.3) is 0 Å². The van der Waals surface area contributed by atoms with Crippen LogP contribution in [0.2, 0.25) is 0 Å². The van der Waals surface area contributed by atoms with Crippen LogP contribution in [-0.2, 0) is 0 Å². The highest BCUT2D eigenvalue weighted by atomic mass is 32.1. The fourth-order valence-electron chi connectivity index (χ4n) is 0.823. The van der Waals surface area contributed by atoms with Crippen molar-refractivity contribution in [2.75, 3.05) is 34.2 Å². The molecule has 11 heavy (non-hydrogen) atoms. The molecule has 0 N–H and O–H groups in total. The molecule has 0 saturated carbocycles. The molecule has 0 radical (unpaired) electrons. The summed E-state index contributed by atoms with van der Waals surface area (Å²) in [5.41, 5.74) is 0. The van der Waals surface area contributed by atoms with Crippen LogP contribution in [0, 0.1) is 0 Å². The van der Waals surface area contributed by atoms with Gasteiger partial charge in [0.25, 0.3) is 0 Å². The summed E-state index contributed by atoms with van der Waals surface area (Å²) < 4.78 is 0. The van der Waals surface area contributed by atoms with Gasteiger partial charge in [0, 0.05) is 11.9 Å². The second kappa shape index (κ2) is 5.86. The van der Waals surface area contributed by atoms with E-state index in [0.29, 0.717) is 5.37 Å². The van der Waals surface area contributed by atoms with Crippen molar-refractivity contribution in [3.8, 4) is 0 Å². The lowest BCUT2D eigenvalue weighted by Gasteiger charge is -2.20. The van der Waals surface area contributed by atoms with Crippen molar-refractivity contribution in [3.05, 3.63) is 0 Å². The summed E-state index contributed by atoms with van der Waals surface area (Å²) in [7, 11) is 6.31. The molecule has 0 aliphatic rings. The van der Waals surface area contributed by atoms with E-state index in [1.165, 1.54) is 6.42 Å². The maximum Gasteiger partial charge on any atom is 0.0496 e. The maximum atomic E-state index is 4.33. The normalized spacial score (nSPS) is 14.5. The lowest BCUT2D eigenvalue weighted by Crippen LogP contribution is -2.28. The fourth-order valence-corrected chi connectivity index (χ4v) is 0.939. The van der Waals surface area contributed by atoms with Gasteiger partial charge >= 0.3 is 0 Å². The van der Waals surface area contributed by atoms with E-state index in [2.05, 4.69) is 50.5 Å². The summed E-state index contributed by atoms with van der Waals surface area (Å²) in [6, 6.07) is 0. The van der Waals surface area contributed by atoms with Crippen LogP contribution in [-0.4, -0.2) is 49.4 Å². The smallest absolute Gasteiger partial charge is 0.0496 e. The van der Waals surface area contributed by atoms with E-state index in [0.717, 1.165) is 13.1 Å². The van der Waals surface area contributed by atoms with Gasteiger partial charge in [0.05, 0.1) is 0 Å². The Morgan fingerprint density at radius 1 is 1.18 bits per heavy atom. The quantitative estimate of drug-likeness (QED) is 0.496. The van der Waals surface area contributed by atoms with Crippen LogP contribution < -0.4 is 0 Å². The predicted molar refractivity (Wildman–Crippen MR) is 54.2 cm³/mol. The summed E-state index contributed by atoms with van der Waals surface area (Å²) in [5, 5.41) is 0.372. The molecule has 0 fully saturated rings. The summed E-state index contributed by atoms with van der Waals surface area (Å²) in [6.07, 6.45) is 1.22. The van der Waals surface area contributed by atoms with Gasteiger partial charge < -0.3 is 4.90 Å². The molecule has 3 heteroatoms. The molecule has 0 rings (SSSR count). The van der Waals surface area contributed by atoms with E-state index >= 15 is 0 Å². The molecule has 0 aromatic rings. The van der Waals surface area contributed by atoms with Gasteiger partial charge in [0.2, 0.25) is 0 Å². The van der Waals surface area contributed by atoms with E-state index < -0.39 is 0 Å². The van der Waals surface area contributed by atoms with Crippen LogP contribution in [0.5, 0.6) is 0 Å². The third-order valence-electron chi connectivity index (χ3n) is 1.75. The van der Waals surface area contributed by atoms with Crippen molar-refractivity contribution in [1.29, 1.82) is 0 Å². The zero-order chi connectivity index (χ0) is 8.85. The minimum Gasteiger partial charge on any atom is -0.309 e. The first-order valence-corrected chi connectivity index (χ1v) is 4.58. The summed E-state index contributed by atoms with van der Waals surface area (Å²) >= 11 is 4.33. The van der Waals surface area contributed by atoms with Gasteiger partial charge in [0.1, 0.15) is 0 Å². The second-order valence-corrected chi connectivity index (χ2v) is 4.02. The fraction of sp³-hybridized carbons (Fsp3) is 1.00. The molecule has 0 aromatic carbocycles. The van der Waals surface area contributed by atoms with Crippen LogP contribution in [0.15, 0.2) is 0 Å². The van der Waals surface area contributed by atoms with Crippen molar-refractivity contribution in [2.45, 2.75) is 18.7 Å². The molecule has 0 aliphatic heterocycles. The van der Waals surface area contributed by atoms with E-state index in [1.54, 1.807) is 0 Å². The van der Waals surface area contributed by atoms with Crippen molar-refractivity contribution < 1.29 is 0 Å². The van der Waals surface area contributed by atoms with Gasteiger partial charge in [-0.3, -0.25) is 4.90 Å². The van der Waals surface area contributed by atoms with Gasteiger partial charge in [-0.2, -0.15) is 12.6 Å². The molecular formula is C8H20N2S. The molecule has 0 bridgehead atoms. The molecule has 0 spiro atoms. The molecule has 0 heterocycles. The van der Waals surface area contributed by atoms with Gasteiger partial charge in [-0.1, -0.05) is 0 Å². The number of hydrogen-bond donors (Lipinski definition) is 1. The van der Waals surface area contributed by atoms with Crippen molar-refractivity contribution in [2.24, 2.45) is 0 Å². The third-order valence-corrected chi connectivity index (χ3v) is 2.15. The molecule has 2 nitrogen and oxygen atoms in total. The van der Waals surface area contributed by atoms with Crippen LogP contribution >= 0.6 is 12.6 Å². The Bertz CT molecular complexity index is 94.1. The highest BCUT2D eigenvalue weighted by molar-refractivity contribution is 7.80. The van der Waals surface area contributed by atoms with Gasteiger partial charge in [-0.15, -0.1) is 0 Å². The van der Waals surface area contributed by atoms with Crippen molar-refractivity contribution in [3.63, 3.8) is 0 Å². The van der Waals surface area contributed by atoms with Crippen LogP contribution in [0.4, 0.5) is 0 Å². The van der Waals surface area contributed by atoms with Crippen molar-refractivity contribution in [1.82, 2.24) is 9.80 Å². The zero-order valence-corrected chi connectivity index (χ0v) is 8.93. The molecule has 1 unspecified atom stereocenters. The first kappa shape index (κ1) is 11.3. The lowest BCUT2D eigenvalue weighted by atomic mass is 10.4. The number of hydrogen-bond acceptors (Lipinski definition) is 3. The Kier molecular flexibility index (Phi) is 6.01. The maximum absolute atomic E-state index is 4.33. The zero-order valence-electron chi connectivity index (χ0n) is 8.04. The average molecular weight is 176 g/mol. The summed E-state index contributed by atoms with van der Waals surface area (Å²) in [5.74, 6) is 0. The Labute approximate surface area is 76.0 Å².